The van der Waals surface area contributed by atoms with Crippen molar-refractivity contribution >= 4 is 5.70 Å². The lowest BCUT2D eigenvalue weighted by atomic mass is 9.97. The summed E-state index contributed by atoms with van der Waals surface area (Å²) >= 11 is 0. The van der Waals surface area contributed by atoms with Gasteiger partial charge in [-0.25, -0.2) is 0 Å². The molecule has 0 spiro atoms. The van der Waals surface area contributed by atoms with E-state index >= 15 is 0 Å². The average Bonchev–Trinajstić information content (AvgIpc) is 2.81. The molecule has 1 atom stereocenters. The Hall–Kier alpha value is -2.48. The standard InChI is InChI=1S/C16H16F3N3O2/c1-8-13-11(20)5-6-22(2)14(15(13)24-21-8)10-4-3-9(7-12(10)23)16(17,18)19/h3-5,7,14,23H,6,20H2,1-2H3. The molecule has 8 heteroatoms. The molecule has 0 bridgehead atoms. The number of nitrogens with zero attached hydrogens (tertiary/aromatic N) is 2. The Morgan fingerprint density at radius 1 is 1.38 bits per heavy atom. The molecule has 0 amide bonds. The van der Waals surface area contributed by atoms with Crippen molar-refractivity contribution < 1.29 is 22.8 Å². The van der Waals surface area contributed by atoms with Gasteiger partial charge in [-0.1, -0.05) is 11.2 Å². The van der Waals surface area contributed by atoms with Gasteiger partial charge in [0.25, 0.3) is 0 Å². The maximum absolute atomic E-state index is 12.8. The van der Waals surface area contributed by atoms with Crippen molar-refractivity contribution in [2.75, 3.05) is 13.6 Å². The number of rotatable bonds is 1. The Bertz CT molecular complexity index is 811. The minimum absolute atomic E-state index is 0.297. The summed E-state index contributed by atoms with van der Waals surface area (Å²) in [6.45, 7) is 2.18. The van der Waals surface area contributed by atoms with Crippen molar-refractivity contribution in [3.63, 3.8) is 0 Å². The van der Waals surface area contributed by atoms with E-state index in [9.17, 15) is 18.3 Å². The molecule has 3 rings (SSSR count). The molecule has 1 aliphatic rings. The first-order chi connectivity index (χ1) is 11.2. The molecule has 1 aliphatic heterocycles. The molecule has 0 saturated heterocycles. The van der Waals surface area contributed by atoms with E-state index in [4.69, 9.17) is 10.3 Å². The van der Waals surface area contributed by atoms with E-state index in [0.29, 0.717) is 40.9 Å². The van der Waals surface area contributed by atoms with Crippen LogP contribution in [0, 0.1) is 6.92 Å². The molecule has 24 heavy (non-hydrogen) atoms. The highest BCUT2D eigenvalue weighted by Gasteiger charge is 2.35. The van der Waals surface area contributed by atoms with Crippen LogP contribution in [-0.4, -0.2) is 28.8 Å². The van der Waals surface area contributed by atoms with Gasteiger partial charge in [-0.05, 0) is 32.2 Å². The van der Waals surface area contributed by atoms with Crippen LogP contribution in [0.5, 0.6) is 5.75 Å². The topological polar surface area (TPSA) is 75.5 Å². The van der Waals surface area contributed by atoms with E-state index < -0.39 is 23.5 Å². The zero-order valence-corrected chi connectivity index (χ0v) is 13.1. The number of nitrogens with two attached hydrogens (primary N) is 1. The Morgan fingerprint density at radius 3 is 2.71 bits per heavy atom. The summed E-state index contributed by atoms with van der Waals surface area (Å²) in [5, 5.41) is 14.1. The van der Waals surface area contributed by atoms with Crippen molar-refractivity contribution in [2.24, 2.45) is 5.73 Å². The number of phenolic OH excluding ortho intramolecular Hbond substituents is 1. The summed E-state index contributed by atoms with van der Waals surface area (Å²) in [6, 6.07) is 2.31. The minimum Gasteiger partial charge on any atom is -0.508 e. The molecule has 2 aromatic rings. The number of alkyl halides is 3. The molecule has 5 nitrogen and oxygen atoms in total. The maximum atomic E-state index is 12.8. The van der Waals surface area contributed by atoms with Crippen LogP contribution in [-0.2, 0) is 6.18 Å². The smallest absolute Gasteiger partial charge is 0.416 e. The number of phenols is 1. The highest BCUT2D eigenvalue weighted by Crippen LogP contribution is 2.41. The van der Waals surface area contributed by atoms with Gasteiger partial charge in [0.05, 0.1) is 16.8 Å². The Labute approximate surface area is 136 Å². The van der Waals surface area contributed by atoms with E-state index in [1.54, 1.807) is 20.0 Å². The van der Waals surface area contributed by atoms with Crippen molar-refractivity contribution in [3.05, 3.63) is 52.4 Å². The maximum Gasteiger partial charge on any atom is 0.416 e. The number of aryl methyl sites for hydroxylation is 1. The number of aromatic nitrogens is 1. The molecular weight excluding hydrogens is 323 g/mol. The fourth-order valence-electron chi connectivity index (χ4n) is 2.90. The SMILES string of the molecule is Cc1noc2c1C(N)=CCN(C)C2c1ccc(C(F)(F)F)cc1O. The van der Waals surface area contributed by atoms with E-state index in [0.717, 1.165) is 6.07 Å². The summed E-state index contributed by atoms with van der Waals surface area (Å²) in [5.74, 6) is -0.0570. The first kappa shape index (κ1) is 16.4. The minimum atomic E-state index is -4.52. The van der Waals surface area contributed by atoms with Crippen LogP contribution in [0.4, 0.5) is 13.2 Å². The number of likely N-dealkylation sites (N-methyl/N-ethyl adjacent to an activating group) is 1. The molecule has 1 aromatic carbocycles. The third-order valence-corrected chi connectivity index (χ3v) is 4.12. The molecule has 0 fully saturated rings. The molecule has 1 unspecified atom stereocenters. The van der Waals surface area contributed by atoms with Gasteiger partial charge in [0, 0.05) is 17.8 Å². The van der Waals surface area contributed by atoms with Gasteiger partial charge in [-0.3, -0.25) is 4.90 Å². The molecule has 3 N–H and O–H groups in total. The molecule has 2 heterocycles. The number of halogens is 3. The molecule has 1 aromatic heterocycles. The second-order valence-electron chi connectivity index (χ2n) is 5.78. The normalized spacial score (nSPS) is 18.9. The van der Waals surface area contributed by atoms with Gasteiger partial charge < -0.3 is 15.4 Å². The lowest BCUT2D eigenvalue weighted by molar-refractivity contribution is -0.137. The quantitative estimate of drug-likeness (QED) is 0.835. The number of aromatic hydroxyl groups is 1. The van der Waals surface area contributed by atoms with Crippen LogP contribution in [0.3, 0.4) is 0 Å². The summed E-state index contributed by atoms with van der Waals surface area (Å²) in [4.78, 5) is 1.81. The second-order valence-corrected chi connectivity index (χ2v) is 5.78. The van der Waals surface area contributed by atoms with E-state index in [-0.39, 0.29) is 0 Å². The first-order valence-electron chi connectivity index (χ1n) is 7.22. The largest absolute Gasteiger partial charge is 0.508 e. The summed E-state index contributed by atoms with van der Waals surface area (Å²) in [6.07, 6.45) is -2.74. The number of fused-ring (bicyclic) bond motifs is 1. The number of hydrogen-bond donors (Lipinski definition) is 2. The Morgan fingerprint density at radius 2 is 2.08 bits per heavy atom. The van der Waals surface area contributed by atoms with Crippen LogP contribution in [0.15, 0.2) is 28.8 Å². The molecule has 0 aliphatic carbocycles. The molecule has 128 valence electrons. The van der Waals surface area contributed by atoms with E-state index in [1.165, 1.54) is 6.07 Å². The fraction of sp³-hybridized carbons (Fsp3) is 0.312. The third-order valence-electron chi connectivity index (χ3n) is 4.12. The average molecular weight is 339 g/mol. The van der Waals surface area contributed by atoms with Crippen LogP contribution in [0.2, 0.25) is 0 Å². The second kappa shape index (κ2) is 5.55. The van der Waals surface area contributed by atoms with E-state index in [2.05, 4.69) is 5.16 Å². The van der Waals surface area contributed by atoms with Gasteiger partial charge in [0.15, 0.2) is 5.76 Å². The van der Waals surface area contributed by atoms with E-state index in [1.807, 2.05) is 4.90 Å². The zero-order chi connectivity index (χ0) is 17.6. The lowest BCUT2D eigenvalue weighted by Gasteiger charge is -2.25. The van der Waals surface area contributed by atoms with Gasteiger partial charge in [0.1, 0.15) is 11.8 Å². The molecule has 0 radical (unpaired) electrons. The predicted molar refractivity (Wildman–Crippen MR) is 81.0 cm³/mol. The highest BCUT2D eigenvalue weighted by atomic mass is 19.4. The number of benzene rings is 1. The first-order valence-corrected chi connectivity index (χ1v) is 7.22. The Balaban J connectivity index is 2.14. The van der Waals surface area contributed by atoms with Gasteiger partial charge in [0.2, 0.25) is 0 Å². The van der Waals surface area contributed by atoms with Crippen molar-refractivity contribution in [2.45, 2.75) is 19.1 Å². The van der Waals surface area contributed by atoms with Crippen LogP contribution < -0.4 is 5.73 Å². The summed E-state index contributed by atoms with van der Waals surface area (Å²) in [5.41, 5.74) is 7.12. The van der Waals surface area contributed by atoms with Crippen LogP contribution in [0.1, 0.15) is 34.2 Å². The van der Waals surface area contributed by atoms with Crippen LogP contribution in [0.25, 0.3) is 5.70 Å². The summed E-state index contributed by atoms with van der Waals surface area (Å²) < 4.78 is 43.8. The zero-order valence-electron chi connectivity index (χ0n) is 13.1. The van der Waals surface area contributed by atoms with Crippen molar-refractivity contribution in [3.8, 4) is 5.75 Å². The van der Waals surface area contributed by atoms with Gasteiger partial charge in [-0.2, -0.15) is 13.2 Å². The lowest BCUT2D eigenvalue weighted by Crippen LogP contribution is -2.25. The van der Waals surface area contributed by atoms with Crippen molar-refractivity contribution in [1.29, 1.82) is 0 Å². The van der Waals surface area contributed by atoms with Crippen LogP contribution >= 0.6 is 0 Å². The molecular formula is C16H16F3N3O2. The van der Waals surface area contributed by atoms with Crippen molar-refractivity contribution in [1.82, 2.24) is 10.1 Å². The van der Waals surface area contributed by atoms with Gasteiger partial charge >= 0.3 is 6.18 Å². The monoisotopic (exact) mass is 339 g/mol. The predicted octanol–water partition coefficient (Wildman–Crippen LogP) is 3.04. The Kier molecular flexibility index (Phi) is 3.79. The third kappa shape index (κ3) is 2.62. The van der Waals surface area contributed by atoms with Gasteiger partial charge in [-0.15, -0.1) is 0 Å². The number of hydrogen-bond acceptors (Lipinski definition) is 5. The summed E-state index contributed by atoms with van der Waals surface area (Å²) in [7, 11) is 1.76. The fourth-order valence-corrected chi connectivity index (χ4v) is 2.90. The highest BCUT2D eigenvalue weighted by molar-refractivity contribution is 5.68. The molecule has 0 saturated carbocycles.